The van der Waals surface area contributed by atoms with Crippen LogP contribution in [0.3, 0.4) is 0 Å². The molecule has 1 N–H and O–H groups in total. The van der Waals surface area contributed by atoms with Gasteiger partial charge in [-0.15, -0.1) is 0 Å². The minimum Gasteiger partial charge on any atom is -0.388 e. The van der Waals surface area contributed by atoms with Gasteiger partial charge in [0.25, 0.3) is 5.91 Å². The number of carbonyl (C=O) groups is 1. The number of carbonyl (C=O) groups excluding carboxylic acids is 1. The van der Waals surface area contributed by atoms with Gasteiger partial charge in [0.15, 0.2) is 0 Å². The maximum atomic E-state index is 12.8. The number of aliphatic hydroxyl groups excluding tert-OH is 1. The molecule has 0 aromatic carbocycles. The van der Waals surface area contributed by atoms with Gasteiger partial charge in [0.2, 0.25) is 0 Å². The number of aromatic nitrogens is 2. The maximum Gasteiger partial charge on any atom is 0.257 e. The number of rotatable bonds is 4. The van der Waals surface area contributed by atoms with Gasteiger partial charge in [0.1, 0.15) is 12.2 Å². The molecule has 1 fully saturated rings. The minimum absolute atomic E-state index is 0.154. The molecule has 7 heteroatoms. The Morgan fingerprint density at radius 3 is 2.73 bits per heavy atom. The maximum absolute atomic E-state index is 12.8. The molecular weight excluding hydrogens is 286 g/mol. The van der Waals surface area contributed by atoms with Crippen molar-refractivity contribution in [3.05, 3.63) is 17.0 Å². The zero-order valence-corrected chi connectivity index (χ0v) is 13.9. The lowest BCUT2D eigenvalue weighted by Crippen LogP contribution is -2.56. The predicted molar refractivity (Wildman–Crippen MR) is 80.9 cm³/mol. The Morgan fingerprint density at radius 1 is 1.50 bits per heavy atom. The smallest absolute Gasteiger partial charge is 0.257 e. The molecule has 1 aromatic heterocycles. The lowest BCUT2D eigenvalue weighted by atomic mass is 10.0. The van der Waals surface area contributed by atoms with E-state index >= 15 is 0 Å². The van der Waals surface area contributed by atoms with Crippen molar-refractivity contribution >= 4 is 5.91 Å². The number of hydrogen-bond donors (Lipinski definition) is 1. The first-order valence-corrected chi connectivity index (χ1v) is 7.52. The second-order valence-electron chi connectivity index (χ2n) is 5.65. The third-order valence-corrected chi connectivity index (χ3v) is 4.36. The molecule has 3 atom stereocenters. The highest BCUT2D eigenvalue weighted by atomic mass is 16.5. The van der Waals surface area contributed by atoms with Crippen molar-refractivity contribution in [2.75, 3.05) is 27.4 Å². The highest BCUT2D eigenvalue weighted by Crippen LogP contribution is 2.21. The van der Waals surface area contributed by atoms with Crippen LogP contribution in [-0.4, -0.2) is 71.3 Å². The van der Waals surface area contributed by atoms with Crippen LogP contribution in [0.2, 0.25) is 0 Å². The van der Waals surface area contributed by atoms with Crippen LogP contribution in [0.15, 0.2) is 0 Å². The number of nitrogens with zero attached hydrogens (tertiary/aromatic N) is 3. The number of hydrogen-bond acceptors (Lipinski definition) is 5. The second kappa shape index (κ2) is 6.76. The lowest BCUT2D eigenvalue weighted by Gasteiger charge is -2.38. The molecule has 22 heavy (non-hydrogen) atoms. The number of amides is 1. The van der Waals surface area contributed by atoms with Gasteiger partial charge < -0.3 is 19.5 Å². The zero-order valence-electron chi connectivity index (χ0n) is 13.9. The van der Waals surface area contributed by atoms with E-state index in [2.05, 4.69) is 5.10 Å². The van der Waals surface area contributed by atoms with Gasteiger partial charge in [-0.2, -0.15) is 5.10 Å². The molecule has 2 rings (SSSR count). The summed E-state index contributed by atoms with van der Waals surface area (Å²) in [4.78, 5) is 14.4. The number of ether oxygens (including phenoxy) is 2. The quantitative estimate of drug-likeness (QED) is 0.869. The average Bonchev–Trinajstić information content (AvgIpc) is 2.80. The minimum atomic E-state index is -0.769. The Bertz CT molecular complexity index is 543. The standard InChI is InChI=1S/C15H25N3O4/c1-6-18-10(3)13(9(2)16-18)15(20)17(4)11-7-22-8-12(21-5)14(11)19/h11-12,14,19H,6-8H2,1-5H3/t11-,12-,14+/m1/s1. The third kappa shape index (κ3) is 2.88. The van der Waals surface area contributed by atoms with Crippen molar-refractivity contribution in [3.8, 4) is 0 Å². The van der Waals surface area contributed by atoms with E-state index in [0.717, 1.165) is 5.69 Å². The Hall–Kier alpha value is -1.44. The zero-order chi connectivity index (χ0) is 16.4. The molecule has 0 unspecified atom stereocenters. The SMILES string of the molecule is CCn1nc(C)c(C(=O)N(C)[C@@H]2COC[C@@H](OC)[C@H]2O)c1C. The molecule has 7 nitrogen and oxygen atoms in total. The number of likely N-dealkylation sites (N-methyl/N-ethyl adjacent to an activating group) is 1. The normalized spacial score (nSPS) is 25.3. The number of methoxy groups -OCH3 is 1. The Morgan fingerprint density at radius 2 is 2.18 bits per heavy atom. The van der Waals surface area contributed by atoms with E-state index in [1.165, 1.54) is 12.0 Å². The molecule has 0 spiro atoms. The first kappa shape index (κ1) is 16.9. The van der Waals surface area contributed by atoms with Gasteiger partial charge in [-0.1, -0.05) is 0 Å². The molecule has 1 aliphatic rings. The van der Waals surface area contributed by atoms with E-state index in [1.807, 2.05) is 25.5 Å². The number of aryl methyl sites for hydroxylation is 2. The predicted octanol–water partition coefficient (Wildman–Crippen LogP) is 0.367. The molecule has 0 radical (unpaired) electrons. The molecule has 0 aliphatic carbocycles. The summed E-state index contributed by atoms with van der Waals surface area (Å²) >= 11 is 0. The second-order valence-corrected chi connectivity index (χ2v) is 5.65. The average molecular weight is 311 g/mol. The lowest BCUT2D eigenvalue weighted by molar-refractivity contribution is -0.135. The van der Waals surface area contributed by atoms with Gasteiger partial charge in [-0.05, 0) is 20.8 Å². The van der Waals surface area contributed by atoms with E-state index in [9.17, 15) is 9.90 Å². The first-order valence-electron chi connectivity index (χ1n) is 7.52. The van der Waals surface area contributed by atoms with Crippen LogP contribution in [0.5, 0.6) is 0 Å². The fourth-order valence-electron chi connectivity index (χ4n) is 2.94. The summed E-state index contributed by atoms with van der Waals surface area (Å²) in [6.07, 6.45) is -1.19. The van der Waals surface area contributed by atoms with Gasteiger partial charge in [0, 0.05) is 26.4 Å². The van der Waals surface area contributed by atoms with Crippen molar-refractivity contribution in [2.24, 2.45) is 0 Å². The summed E-state index contributed by atoms with van der Waals surface area (Å²) in [5.74, 6) is -0.154. The van der Waals surface area contributed by atoms with Crippen LogP contribution in [0.4, 0.5) is 0 Å². The number of aliphatic hydroxyl groups is 1. The van der Waals surface area contributed by atoms with Crippen molar-refractivity contribution in [1.29, 1.82) is 0 Å². The van der Waals surface area contributed by atoms with Crippen LogP contribution in [-0.2, 0) is 16.0 Å². The van der Waals surface area contributed by atoms with Gasteiger partial charge >= 0.3 is 0 Å². The summed E-state index contributed by atoms with van der Waals surface area (Å²) in [5, 5.41) is 14.7. The highest BCUT2D eigenvalue weighted by Gasteiger charge is 2.38. The summed E-state index contributed by atoms with van der Waals surface area (Å²) in [7, 11) is 3.21. The first-order chi connectivity index (χ1) is 10.4. The molecule has 0 saturated carbocycles. The van der Waals surface area contributed by atoms with E-state index < -0.39 is 18.2 Å². The molecule has 1 aliphatic heterocycles. The largest absolute Gasteiger partial charge is 0.388 e. The fraction of sp³-hybridized carbons (Fsp3) is 0.733. The van der Waals surface area contributed by atoms with Crippen molar-refractivity contribution < 1.29 is 19.4 Å². The van der Waals surface area contributed by atoms with Crippen LogP contribution >= 0.6 is 0 Å². The molecule has 124 valence electrons. The summed E-state index contributed by atoms with van der Waals surface area (Å²) in [5.41, 5.74) is 2.13. The van der Waals surface area contributed by atoms with Crippen molar-refractivity contribution in [1.82, 2.24) is 14.7 Å². The van der Waals surface area contributed by atoms with E-state index in [-0.39, 0.29) is 5.91 Å². The summed E-state index contributed by atoms with van der Waals surface area (Å²) in [6.45, 7) is 7.04. The third-order valence-electron chi connectivity index (χ3n) is 4.36. The Balaban J connectivity index is 2.24. The Labute approximate surface area is 130 Å². The molecule has 1 amide bonds. The van der Waals surface area contributed by atoms with Crippen molar-refractivity contribution in [3.63, 3.8) is 0 Å². The topological polar surface area (TPSA) is 76.8 Å². The van der Waals surface area contributed by atoms with Gasteiger partial charge in [0.05, 0.1) is 30.5 Å². The van der Waals surface area contributed by atoms with Crippen LogP contribution in [0.25, 0.3) is 0 Å². The van der Waals surface area contributed by atoms with Crippen molar-refractivity contribution in [2.45, 2.75) is 45.6 Å². The van der Waals surface area contributed by atoms with E-state index in [0.29, 0.717) is 31.0 Å². The van der Waals surface area contributed by atoms with Crippen LogP contribution in [0.1, 0.15) is 28.7 Å². The van der Waals surface area contributed by atoms with E-state index in [4.69, 9.17) is 9.47 Å². The fourth-order valence-corrected chi connectivity index (χ4v) is 2.94. The Kier molecular flexibility index (Phi) is 5.20. The van der Waals surface area contributed by atoms with Crippen LogP contribution in [0, 0.1) is 13.8 Å². The molecule has 1 aromatic rings. The molecule has 0 bridgehead atoms. The monoisotopic (exact) mass is 311 g/mol. The highest BCUT2D eigenvalue weighted by molar-refractivity contribution is 5.96. The molecule has 2 heterocycles. The van der Waals surface area contributed by atoms with Crippen LogP contribution < -0.4 is 0 Å². The summed E-state index contributed by atoms with van der Waals surface area (Å²) < 4.78 is 12.5. The molecular formula is C15H25N3O4. The molecule has 1 saturated heterocycles. The van der Waals surface area contributed by atoms with E-state index in [1.54, 1.807) is 7.05 Å². The van der Waals surface area contributed by atoms with Gasteiger partial charge in [-0.3, -0.25) is 9.48 Å². The summed E-state index contributed by atoms with van der Waals surface area (Å²) in [6, 6.07) is -0.435. The van der Waals surface area contributed by atoms with Gasteiger partial charge in [-0.25, -0.2) is 0 Å².